The Morgan fingerprint density at radius 1 is 1.20 bits per heavy atom. The van der Waals surface area contributed by atoms with Crippen molar-refractivity contribution in [3.05, 3.63) is 53.1 Å². The standard InChI is InChI=1S/C20H22ClN5O3S/c1-12(18(27)23-14-8-9-16(28-2)17(10-14)29-3)26-19(22)24-25-20(26)30-11-13-6-4-5-7-15(13)21/h4-10,12H,11H2,1-3H3,(H2,22,24)(H,23,27). The van der Waals surface area contributed by atoms with Gasteiger partial charge in [0.25, 0.3) is 0 Å². The lowest BCUT2D eigenvalue weighted by Gasteiger charge is -2.17. The second-order valence-corrected chi connectivity index (χ2v) is 7.68. The number of carbonyl (C=O) groups excluding carboxylic acids is 1. The van der Waals surface area contributed by atoms with E-state index in [-0.39, 0.29) is 11.9 Å². The summed E-state index contributed by atoms with van der Waals surface area (Å²) < 4.78 is 12.1. The second kappa shape index (κ2) is 9.73. The monoisotopic (exact) mass is 447 g/mol. The smallest absolute Gasteiger partial charge is 0.247 e. The fraction of sp³-hybridized carbons (Fsp3) is 0.250. The molecule has 3 rings (SSSR count). The summed E-state index contributed by atoms with van der Waals surface area (Å²) in [6, 6.07) is 12.1. The molecule has 0 aliphatic rings. The zero-order valence-corrected chi connectivity index (χ0v) is 18.3. The van der Waals surface area contributed by atoms with E-state index in [1.54, 1.807) is 36.8 Å². The highest BCUT2D eigenvalue weighted by molar-refractivity contribution is 7.98. The molecule has 0 bridgehead atoms. The number of nitrogens with zero attached hydrogens (tertiary/aromatic N) is 3. The molecule has 10 heteroatoms. The summed E-state index contributed by atoms with van der Waals surface area (Å²) in [6.45, 7) is 1.73. The van der Waals surface area contributed by atoms with E-state index in [1.807, 2.05) is 24.3 Å². The first-order valence-corrected chi connectivity index (χ1v) is 10.4. The Bertz CT molecular complexity index is 1040. The van der Waals surface area contributed by atoms with Crippen LogP contribution in [0.2, 0.25) is 5.02 Å². The Hall–Kier alpha value is -2.91. The zero-order valence-electron chi connectivity index (χ0n) is 16.8. The third-order valence-electron chi connectivity index (χ3n) is 4.42. The highest BCUT2D eigenvalue weighted by Gasteiger charge is 2.23. The third kappa shape index (κ3) is 4.80. The molecular weight excluding hydrogens is 426 g/mol. The van der Waals surface area contributed by atoms with Gasteiger partial charge in [0.05, 0.1) is 14.2 Å². The molecule has 0 saturated carbocycles. The lowest BCUT2D eigenvalue weighted by atomic mass is 10.2. The highest BCUT2D eigenvalue weighted by atomic mass is 35.5. The molecule has 30 heavy (non-hydrogen) atoms. The SMILES string of the molecule is COc1ccc(NC(=O)C(C)n2c(N)nnc2SCc2ccccc2Cl)cc1OC. The average Bonchev–Trinajstić information content (AvgIpc) is 3.12. The number of anilines is 2. The summed E-state index contributed by atoms with van der Waals surface area (Å²) in [4.78, 5) is 12.9. The van der Waals surface area contributed by atoms with Crippen LogP contribution in [0, 0.1) is 0 Å². The lowest BCUT2D eigenvalue weighted by molar-refractivity contribution is -0.118. The van der Waals surface area contributed by atoms with Gasteiger partial charge >= 0.3 is 0 Å². The second-order valence-electron chi connectivity index (χ2n) is 6.33. The van der Waals surface area contributed by atoms with Crippen LogP contribution in [-0.4, -0.2) is 34.9 Å². The lowest BCUT2D eigenvalue weighted by Crippen LogP contribution is -2.25. The third-order valence-corrected chi connectivity index (χ3v) is 5.78. The van der Waals surface area contributed by atoms with E-state index in [4.69, 9.17) is 26.8 Å². The van der Waals surface area contributed by atoms with Gasteiger partial charge in [-0.3, -0.25) is 9.36 Å². The van der Waals surface area contributed by atoms with Gasteiger partial charge in [0.2, 0.25) is 11.9 Å². The number of nitrogens with two attached hydrogens (primary N) is 1. The summed E-state index contributed by atoms with van der Waals surface area (Å²) in [5.41, 5.74) is 7.52. The quantitative estimate of drug-likeness (QED) is 0.502. The normalized spacial score (nSPS) is 11.7. The molecule has 0 fully saturated rings. The van der Waals surface area contributed by atoms with Crippen molar-refractivity contribution in [3.8, 4) is 11.5 Å². The van der Waals surface area contributed by atoms with Crippen molar-refractivity contribution in [2.75, 3.05) is 25.3 Å². The van der Waals surface area contributed by atoms with Crippen LogP contribution in [0.3, 0.4) is 0 Å². The van der Waals surface area contributed by atoms with Crippen LogP contribution < -0.4 is 20.5 Å². The van der Waals surface area contributed by atoms with E-state index in [1.165, 1.54) is 18.9 Å². The first-order chi connectivity index (χ1) is 14.4. The minimum atomic E-state index is -0.637. The molecule has 1 aromatic heterocycles. The molecule has 158 valence electrons. The van der Waals surface area contributed by atoms with Gasteiger partial charge in [-0.1, -0.05) is 41.6 Å². The fourth-order valence-corrected chi connectivity index (χ4v) is 4.09. The molecule has 1 unspecified atom stereocenters. The molecule has 3 N–H and O–H groups in total. The van der Waals surface area contributed by atoms with Gasteiger partial charge in [-0.05, 0) is 30.7 Å². The van der Waals surface area contributed by atoms with Crippen molar-refractivity contribution < 1.29 is 14.3 Å². The van der Waals surface area contributed by atoms with Crippen molar-refractivity contribution in [1.29, 1.82) is 0 Å². The number of hydrogen-bond donors (Lipinski definition) is 2. The van der Waals surface area contributed by atoms with Crippen LogP contribution in [0.5, 0.6) is 11.5 Å². The summed E-state index contributed by atoms with van der Waals surface area (Å²) >= 11 is 7.63. The maximum atomic E-state index is 12.9. The van der Waals surface area contributed by atoms with Crippen molar-refractivity contribution >= 4 is 40.9 Å². The van der Waals surface area contributed by atoms with Gasteiger partial charge in [-0.2, -0.15) is 0 Å². The molecule has 1 atom stereocenters. The number of nitrogens with one attached hydrogen (secondary N) is 1. The summed E-state index contributed by atoms with van der Waals surface area (Å²) in [6.07, 6.45) is 0. The molecule has 0 spiro atoms. The van der Waals surface area contributed by atoms with Gasteiger partial charge in [0.15, 0.2) is 16.7 Å². The predicted octanol–water partition coefficient (Wildman–Crippen LogP) is 4.02. The number of nitrogen functional groups attached to an aromatic ring is 1. The molecule has 8 nitrogen and oxygen atoms in total. The fourth-order valence-electron chi connectivity index (χ4n) is 2.79. The van der Waals surface area contributed by atoms with Crippen LogP contribution in [0.25, 0.3) is 0 Å². The first-order valence-electron chi connectivity index (χ1n) is 9.04. The molecule has 0 aliphatic heterocycles. The minimum Gasteiger partial charge on any atom is -0.493 e. The number of aromatic nitrogens is 3. The Balaban J connectivity index is 1.75. The van der Waals surface area contributed by atoms with E-state index >= 15 is 0 Å². The van der Waals surface area contributed by atoms with Crippen LogP contribution in [0.4, 0.5) is 11.6 Å². The summed E-state index contributed by atoms with van der Waals surface area (Å²) in [7, 11) is 3.08. The number of amides is 1. The molecule has 0 aliphatic carbocycles. The molecule has 1 heterocycles. The highest BCUT2D eigenvalue weighted by Crippen LogP contribution is 2.31. The van der Waals surface area contributed by atoms with Gasteiger partial charge < -0.3 is 20.5 Å². The Morgan fingerprint density at radius 2 is 1.93 bits per heavy atom. The maximum absolute atomic E-state index is 12.9. The number of methoxy groups -OCH3 is 2. The van der Waals surface area contributed by atoms with Crippen LogP contribution in [0.1, 0.15) is 18.5 Å². The summed E-state index contributed by atoms with van der Waals surface area (Å²) in [5.74, 6) is 1.55. The van der Waals surface area contributed by atoms with E-state index in [9.17, 15) is 4.79 Å². The number of carbonyl (C=O) groups is 1. The average molecular weight is 448 g/mol. The topological polar surface area (TPSA) is 104 Å². The van der Waals surface area contributed by atoms with Gasteiger partial charge in [-0.25, -0.2) is 0 Å². The zero-order chi connectivity index (χ0) is 21.7. The molecule has 0 saturated heterocycles. The molecular formula is C20H22ClN5O3S. The van der Waals surface area contributed by atoms with Crippen molar-refractivity contribution in [3.63, 3.8) is 0 Å². The van der Waals surface area contributed by atoms with Gasteiger partial charge in [-0.15, -0.1) is 10.2 Å². The maximum Gasteiger partial charge on any atom is 0.247 e. The number of ether oxygens (including phenoxy) is 2. The van der Waals surface area contributed by atoms with Crippen LogP contribution >= 0.6 is 23.4 Å². The first kappa shape index (κ1) is 21.8. The van der Waals surface area contributed by atoms with Crippen molar-refractivity contribution in [2.24, 2.45) is 0 Å². The Morgan fingerprint density at radius 3 is 2.63 bits per heavy atom. The molecule has 3 aromatic rings. The van der Waals surface area contributed by atoms with Crippen molar-refractivity contribution in [2.45, 2.75) is 23.9 Å². The van der Waals surface area contributed by atoms with E-state index in [0.717, 1.165) is 5.56 Å². The predicted molar refractivity (Wildman–Crippen MR) is 118 cm³/mol. The van der Waals surface area contributed by atoms with Crippen LogP contribution in [-0.2, 0) is 10.5 Å². The number of benzene rings is 2. The van der Waals surface area contributed by atoms with Crippen LogP contribution in [0.15, 0.2) is 47.6 Å². The molecule has 0 radical (unpaired) electrons. The van der Waals surface area contributed by atoms with E-state index in [0.29, 0.717) is 33.1 Å². The van der Waals surface area contributed by atoms with Gasteiger partial charge in [0.1, 0.15) is 6.04 Å². The summed E-state index contributed by atoms with van der Waals surface area (Å²) in [5, 5.41) is 12.1. The van der Waals surface area contributed by atoms with Gasteiger partial charge in [0, 0.05) is 22.5 Å². The molecule has 2 aromatic carbocycles. The largest absolute Gasteiger partial charge is 0.493 e. The Labute approximate surface area is 183 Å². The number of rotatable bonds is 8. The minimum absolute atomic E-state index is 0.159. The van der Waals surface area contributed by atoms with E-state index in [2.05, 4.69) is 15.5 Å². The molecule has 1 amide bonds. The number of hydrogen-bond acceptors (Lipinski definition) is 7. The Kier molecular flexibility index (Phi) is 7.07. The van der Waals surface area contributed by atoms with E-state index < -0.39 is 6.04 Å². The number of halogens is 1. The van der Waals surface area contributed by atoms with Crippen molar-refractivity contribution in [1.82, 2.24) is 14.8 Å². The number of thioether (sulfide) groups is 1.